The zero-order valence-corrected chi connectivity index (χ0v) is 20.5. The SMILES string of the molecule is C=C(O)CCCN1CCC[C@@H](Cc2ncnc3oc(-c4ccccc4)c(-c4ccc(Cl)cc4)c23)C1. The smallest absolute Gasteiger partial charge is 0.230 e. The lowest BCUT2D eigenvalue weighted by molar-refractivity contribution is 0.170. The Hall–Kier alpha value is -3.15. The van der Waals surface area contributed by atoms with Crippen molar-refractivity contribution in [3.05, 3.63) is 84.0 Å². The van der Waals surface area contributed by atoms with Crippen molar-refractivity contribution in [3.8, 4) is 22.5 Å². The van der Waals surface area contributed by atoms with Gasteiger partial charge in [0.05, 0.1) is 16.8 Å². The van der Waals surface area contributed by atoms with Gasteiger partial charge in [-0.15, -0.1) is 0 Å². The number of fused-ring (bicyclic) bond motifs is 1. The number of hydrogen-bond acceptors (Lipinski definition) is 5. The summed E-state index contributed by atoms with van der Waals surface area (Å²) in [5.74, 6) is 1.58. The summed E-state index contributed by atoms with van der Waals surface area (Å²) >= 11 is 6.20. The van der Waals surface area contributed by atoms with Crippen molar-refractivity contribution in [1.82, 2.24) is 14.9 Å². The van der Waals surface area contributed by atoms with E-state index in [-0.39, 0.29) is 5.76 Å². The molecule has 0 unspecified atom stereocenters. The van der Waals surface area contributed by atoms with Crippen LogP contribution in [0.5, 0.6) is 0 Å². The zero-order valence-electron chi connectivity index (χ0n) is 19.8. The normalized spacial score (nSPS) is 16.5. The quantitative estimate of drug-likeness (QED) is 0.264. The van der Waals surface area contributed by atoms with Crippen molar-refractivity contribution in [1.29, 1.82) is 0 Å². The first-order chi connectivity index (χ1) is 17.1. The summed E-state index contributed by atoms with van der Waals surface area (Å²) < 4.78 is 6.37. The minimum Gasteiger partial charge on any atom is -0.513 e. The molecular weight excluding hydrogens is 458 g/mol. The van der Waals surface area contributed by atoms with Gasteiger partial charge in [0.2, 0.25) is 5.71 Å². The molecule has 4 aromatic rings. The molecule has 1 N–H and O–H groups in total. The highest BCUT2D eigenvalue weighted by atomic mass is 35.5. The van der Waals surface area contributed by atoms with E-state index in [0.29, 0.717) is 23.1 Å². The summed E-state index contributed by atoms with van der Waals surface area (Å²) in [6, 6.07) is 18.1. The topological polar surface area (TPSA) is 62.4 Å². The second-order valence-corrected chi connectivity index (χ2v) is 9.80. The third kappa shape index (κ3) is 5.42. The number of aromatic nitrogens is 2. The minimum atomic E-state index is 0.269. The molecule has 0 amide bonds. The predicted molar refractivity (Wildman–Crippen MR) is 142 cm³/mol. The number of nitrogens with zero attached hydrogens (tertiary/aromatic N) is 3. The largest absolute Gasteiger partial charge is 0.513 e. The van der Waals surface area contributed by atoms with Crippen LogP contribution in [0.15, 0.2) is 77.7 Å². The molecule has 0 spiro atoms. The van der Waals surface area contributed by atoms with Crippen molar-refractivity contribution in [2.45, 2.75) is 32.1 Å². The number of rotatable bonds is 8. The fourth-order valence-electron chi connectivity index (χ4n) is 5.13. The maximum atomic E-state index is 9.41. The van der Waals surface area contributed by atoms with Crippen molar-refractivity contribution in [3.63, 3.8) is 0 Å². The molecule has 0 radical (unpaired) electrons. The molecule has 3 heterocycles. The van der Waals surface area contributed by atoms with E-state index in [1.807, 2.05) is 42.5 Å². The number of aliphatic hydroxyl groups excluding tert-OH is 1. The molecule has 5 nitrogen and oxygen atoms in total. The fraction of sp³-hybridized carbons (Fsp3) is 0.310. The Morgan fingerprint density at radius 1 is 1.09 bits per heavy atom. The van der Waals surface area contributed by atoms with Crippen LogP contribution in [0.2, 0.25) is 5.02 Å². The number of piperidine rings is 1. The van der Waals surface area contributed by atoms with Gasteiger partial charge < -0.3 is 14.4 Å². The Bertz CT molecular complexity index is 1300. The van der Waals surface area contributed by atoms with Crippen LogP contribution in [0.25, 0.3) is 33.6 Å². The van der Waals surface area contributed by atoms with E-state index < -0.39 is 0 Å². The van der Waals surface area contributed by atoms with Gasteiger partial charge >= 0.3 is 0 Å². The molecule has 2 aromatic carbocycles. The number of likely N-dealkylation sites (tertiary alicyclic amines) is 1. The van der Waals surface area contributed by atoms with E-state index in [9.17, 15) is 5.11 Å². The molecule has 5 rings (SSSR count). The van der Waals surface area contributed by atoms with Crippen molar-refractivity contribution >= 4 is 22.7 Å². The minimum absolute atomic E-state index is 0.269. The molecule has 0 aliphatic carbocycles. The summed E-state index contributed by atoms with van der Waals surface area (Å²) in [4.78, 5) is 11.8. The average Bonchev–Trinajstić information content (AvgIpc) is 3.26. The lowest BCUT2D eigenvalue weighted by Crippen LogP contribution is -2.37. The van der Waals surface area contributed by atoms with E-state index in [0.717, 1.165) is 66.0 Å². The van der Waals surface area contributed by atoms with Crippen LogP contribution in [0.3, 0.4) is 0 Å². The predicted octanol–water partition coefficient (Wildman–Crippen LogP) is 7.32. The second-order valence-electron chi connectivity index (χ2n) is 9.36. The first-order valence-electron chi connectivity index (χ1n) is 12.3. The highest BCUT2D eigenvalue weighted by Crippen LogP contribution is 2.42. The molecule has 6 heteroatoms. The van der Waals surface area contributed by atoms with Gasteiger partial charge in [0, 0.05) is 29.1 Å². The Morgan fingerprint density at radius 3 is 2.66 bits per heavy atom. The summed E-state index contributed by atoms with van der Waals surface area (Å²) in [6.07, 6.45) is 6.43. The van der Waals surface area contributed by atoms with Crippen LogP contribution < -0.4 is 0 Å². The van der Waals surface area contributed by atoms with Gasteiger partial charge in [0.1, 0.15) is 12.1 Å². The van der Waals surface area contributed by atoms with Gasteiger partial charge in [-0.2, -0.15) is 0 Å². The molecule has 1 saturated heterocycles. The molecule has 0 saturated carbocycles. The molecule has 2 aromatic heterocycles. The number of hydrogen-bond donors (Lipinski definition) is 1. The molecule has 1 fully saturated rings. The molecule has 35 heavy (non-hydrogen) atoms. The standard InChI is InChI=1S/C29H30ClN3O2/c1-20(34)7-5-15-33-16-6-8-21(18-33)17-25-27-26(22-11-13-24(30)14-12-22)28(23-9-3-2-4-10-23)35-29(27)32-19-31-25/h2-4,9-14,19,21,34H,1,5-8,15-18H2/t21-/m0/s1. The van der Waals surface area contributed by atoms with Crippen LogP contribution in [0.4, 0.5) is 0 Å². The summed E-state index contributed by atoms with van der Waals surface area (Å²) in [5, 5.41) is 11.1. The van der Waals surface area contributed by atoms with Gasteiger partial charge in [0.25, 0.3) is 0 Å². The average molecular weight is 488 g/mol. The fourth-order valence-corrected chi connectivity index (χ4v) is 5.26. The maximum absolute atomic E-state index is 9.41. The van der Waals surface area contributed by atoms with Gasteiger partial charge in [-0.05, 0) is 62.4 Å². The van der Waals surface area contributed by atoms with Crippen molar-refractivity contribution in [2.24, 2.45) is 5.92 Å². The zero-order chi connectivity index (χ0) is 24.2. The van der Waals surface area contributed by atoms with Crippen LogP contribution >= 0.6 is 11.6 Å². The Kier molecular flexibility index (Phi) is 7.16. The summed E-state index contributed by atoms with van der Waals surface area (Å²) in [7, 11) is 0. The number of aliphatic hydroxyl groups is 1. The number of allylic oxidation sites excluding steroid dienone is 1. The third-order valence-corrected chi connectivity index (χ3v) is 7.01. The van der Waals surface area contributed by atoms with Crippen molar-refractivity contribution < 1.29 is 9.52 Å². The van der Waals surface area contributed by atoms with Crippen LogP contribution in [-0.2, 0) is 6.42 Å². The first-order valence-corrected chi connectivity index (χ1v) is 12.6. The monoisotopic (exact) mass is 487 g/mol. The van der Waals surface area contributed by atoms with Gasteiger partial charge in [-0.25, -0.2) is 9.97 Å². The Morgan fingerprint density at radius 2 is 1.89 bits per heavy atom. The summed E-state index contributed by atoms with van der Waals surface area (Å²) in [5.41, 5.74) is 4.72. The molecule has 1 atom stereocenters. The lowest BCUT2D eigenvalue weighted by Gasteiger charge is -2.32. The van der Waals surface area contributed by atoms with E-state index in [1.165, 1.54) is 12.8 Å². The molecule has 180 valence electrons. The van der Waals surface area contributed by atoms with E-state index >= 15 is 0 Å². The van der Waals surface area contributed by atoms with Gasteiger partial charge in [0.15, 0.2) is 0 Å². The van der Waals surface area contributed by atoms with E-state index in [2.05, 4.69) is 28.6 Å². The van der Waals surface area contributed by atoms with Crippen LogP contribution in [0.1, 0.15) is 31.4 Å². The highest BCUT2D eigenvalue weighted by Gasteiger charge is 2.25. The highest BCUT2D eigenvalue weighted by molar-refractivity contribution is 6.30. The van der Waals surface area contributed by atoms with E-state index in [4.69, 9.17) is 21.0 Å². The molecule has 1 aliphatic rings. The second kappa shape index (κ2) is 10.6. The lowest BCUT2D eigenvalue weighted by atomic mass is 9.90. The molecule has 0 bridgehead atoms. The first kappa shape index (κ1) is 23.6. The maximum Gasteiger partial charge on any atom is 0.230 e. The number of benzene rings is 2. The third-order valence-electron chi connectivity index (χ3n) is 6.76. The van der Waals surface area contributed by atoms with Crippen LogP contribution in [0, 0.1) is 5.92 Å². The molecular formula is C29H30ClN3O2. The van der Waals surface area contributed by atoms with Gasteiger partial charge in [-0.3, -0.25) is 0 Å². The summed E-state index contributed by atoms with van der Waals surface area (Å²) in [6.45, 7) is 6.72. The van der Waals surface area contributed by atoms with E-state index in [1.54, 1.807) is 6.33 Å². The molecule has 1 aliphatic heterocycles. The number of halogens is 1. The number of furan rings is 1. The Labute approximate surface area is 211 Å². The Balaban J connectivity index is 1.50. The van der Waals surface area contributed by atoms with Crippen molar-refractivity contribution in [2.75, 3.05) is 19.6 Å². The van der Waals surface area contributed by atoms with Gasteiger partial charge in [-0.1, -0.05) is 60.6 Å². The van der Waals surface area contributed by atoms with Crippen LogP contribution in [-0.4, -0.2) is 39.6 Å².